The van der Waals surface area contributed by atoms with Crippen LogP contribution >= 0.6 is 11.8 Å². The van der Waals surface area contributed by atoms with Gasteiger partial charge in [-0.1, -0.05) is 0 Å². The van der Waals surface area contributed by atoms with Crippen molar-refractivity contribution < 1.29 is 15.0 Å². The highest BCUT2D eigenvalue weighted by atomic mass is 32.2. The maximum atomic E-state index is 10.3. The summed E-state index contributed by atoms with van der Waals surface area (Å²) in [5.74, 6) is -0.0916. The molecule has 0 saturated carbocycles. The fourth-order valence-corrected chi connectivity index (χ4v) is 1.46. The van der Waals surface area contributed by atoms with E-state index in [1.165, 1.54) is 11.8 Å². The molecule has 0 saturated heterocycles. The van der Waals surface area contributed by atoms with Crippen LogP contribution in [0.4, 0.5) is 0 Å². The molecule has 0 aromatic rings. The third-order valence-corrected chi connectivity index (χ3v) is 2.42. The minimum atomic E-state index is -0.791. The summed E-state index contributed by atoms with van der Waals surface area (Å²) < 4.78 is 0. The predicted molar refractivity (Wildman–Crippen MR) is 45.9 cm³/mol. The summed E-state index contributed by atoms with van der Waals surface area (Å²) in [4.78, 5) is 10.3. The number of aliphatic hydroxyl groups excluding tert-OH is 1. The molecule has 66 valence electrons. The SMILES string of the molecule is CC(O)CCSC(C)C(=O)O. The van der Waals surface area contributed by atoms with Crippen LogP contribution in [0.2, 0.25) is 0 Å². The average Bonchev–Trinajstić information content (AvgIpc) is 1.86. The van der Waals surface area contributed by atoms with Crippen molar-refractivity contribution in [3.8, 4) is 0 Å². The lowest BCUT2D eigenvalue weighted by atomic mass is 10.3. The molecular weight excluding hydrogens is 164 g/mol. The van der Waals surface area contributed by atoms with Crippen molar-refractivity contribution in [2.75, 3.05) is 5.75 Å². The zero-order valence-electron chi connectivity index (χ0n) is 6.78. The molecule has 0 aromatic heterocycles. The number of aliphatic carboxylic acids is 1. The number of carboxylic acid groups (broad SMARTS) is 1. The van der Waals surface area contributed by atoms with Crippen LogP contribution < -0.4 is 0 Å². The normalized spacial score (nSPS) is 15.9. The number of thioether (sulfide) groups is 1. The van der Waals surface area contributed by atoms with Crippen molar-refractivity contribution >= 4 is 17.7 Å². The minimum absolute atomic E-state index is 0.330. The van der Waals surface area contributed by atoms with Gasteiger partial charge in [0.2, 0.25) is 0 Å². The Balaban J connectivity index is 3.31. The van der Waals surface area contributed by atoms with Crippen LogP contribution in [0, 0.1) is 0 Å². The summed E-state index contributed by atoms with van der Waals surface area (Å²) in [6, 6.07) is 0. The van der Waals surface area contributed by atoms with Gasteiger partial charge >= 0.3 is 5.97 Å². The minimum Gasteiger partial charge on any atom is -0.480 e. The molecule has 0 fully saturated rings. The maximum absolute atomic E-state index is 10.3. The van der Waals surface area contributed by atoms with Gasteiger partial charge in [0.05, 0.1) is 11.4 Å². The number of hydrogen-bond donors (Lipinski definition) is 2. The van der Waals surface area contributed by atoms with Gasteiger partial charge in [-0.05, 0) is 26.0 Å². The molecule has 0 aliphatic carbocycles. The van der Waals surface area contributed by atoms with E-state index in [1.54, 1.807) is 13.8 Å². The van der Waals surface area contributed by atoms with E-state index >= 15 is 0 Å². The van der Waals surface area contributed by atoms with E-state index in [9.17, 15) is 4.79 Å². The van der Waals surface area contributed by atoms with Crippen LogP contribution in [0.5, 0.6) is 0 Å². The first-order valence-corrected chi connectivity index (χ1v) is 4.61. The highest BCUT2D eigenvalue weighted by Gasteiger charge is 2.10. The highest BCUT2D eigenvalue weighted by molar-refractivity contribution is 8.00. The van der Waals surface area contributed by atoms with Crippen LogP contribution in [-0.4, -0.2) is 33.3 Å². The third-order valence-electron chi connectivity index (χ3n) is 1.25. The Morgan fingerprint density at radius 2 is 2.09 bits per heavy atom. The molecule has 4 heteroatoms. The lowest BCUT2D eigenvalue weighted by Crippen LogP contribution is -2.13. The van der Waals surface area contributed by atoms with Crippen LogP contribution in [0.15, 0.2) is 0 Å². The van der Waals surface area contributed by atoms with Gasteiger partial charge < -0.3 is 10.2 Å². The molecule has 2 unspecified atom stereocenters. The van der Waals surface area contributed by atoms with Crippen molar-refractivity contribution in [1.29, 1.82) is 0 Å². The van der Waals surface area contributed by atoms with Gasteiger partial charge in [-0.2, -0.15) is 0 Å². The molecule has 0 heterocycles. The summed E-state index contributed by atoms with van der Waals surface area (Å²) in [5, 5.41) is 16.9. The standard InChI is InChI=1S/C7H14O3S/c1-5(8)3-4-11-6(2)7(9)10/h5-6,8H,3-4H2,1-2H3,(H,9,10). The second kappa shape index (κ2) is 5.43. The van der Waals surface area contributed by atoms with Crippen LogP contribution in [0.1, 0.15) is 20.3 Å². The molecule has 0 amide bonds. The van der Waals surface area contributed by atoms with Crippen molar-refractivity contribution in [1.82, 2.24) is 0 Å². The molecule has 2 atom stereocenters. The van der Waals surface area contributed by atoms with Crippen molar-refractivity contribution in [3.05, 3.63) is 0 Å². The molecule has 0 bridgehead atoms. The molecule has 3 nitrogen and oxygen atoms in total. The number of hydrogen-bond acceptors (Lipinski definition) is 3. The lowest BCUT2D eigenvalue weighted by Gasteiger charge is -2.06. The molecule has 0 aromatic carbocycles. The summed E-state index contributed by atoms with van der Waals surface area (Å²) in [7, 11) is 0. The van der Waals surface area contributed by atoms with E-state index in [1.807, 2.05) is 0 Å². The second-order valence-corrected chi connectivity index (χ2v) is 3.94. The Morgan fingerprint density at radius 1 is 1.55 bits per heavy atom. The number of rotatable bonds is 5. The Labute approximate surface area is 70.8 Å². The fourth-order valence-electron chi connectivity index (χ4n) is 0.487. The third kappa shape index (κ3) is 6.19. The van der Waals surface area contributed by atoms with E-state index in [4.69, 9.17) is 10.2 Å². The quantitative estimate of drug-likeness (QED) is 0.658. The van der Waals surface area contributed by atoms with Crippen molar-refractivity contribution in [3.63, 3.8) is 0 Å². The second-order valence-electron chi connectivity index (χ2n) is 2.49. The molecule has 0 spiro atoms. The largest absolute Gasteiger partial charge is 0.480 e. The predicted octanol–water partition coefficient (Wildman–Crippen LogP) is 0.964. The smallest absolute Gasteiger partial charge is 0.316 e. The highest BCUT2D eigenvalue weighted by Crippen LogP contribution is 2.12. The van der Waals surface area contributed by atoms with Crippen LogP contribution in [0.25, 0.3) is 0 Å². The molecule has 0 aliphatic heterocycles. The van der Waals surface area contributed by atoms with Gasteiger partial charge in [0.15, 0.2) is 0 Å². The first kappa shape index (κ1) is 10.8. The molecular formula is C7H14O3S. The van der Waals surface area contributed by atoms with Gasteiger partial charge in [0.25, 0.3) is 0 Å². The Bertz CT molecular complexity index is 125. The van der Waals surface area contributed by atoms with E-state index < -0.39 is 5.97 Å². The molecule has 0 radical (unpaired) electrons. The van der Waals surface area contributed by atoms with E-state index in [0.29, 0.717) is 12.2 Å². The van der Waals surface area contributed by atoms with E-state index in [0.717, 1.165) is 0 Å². The fraction of sp³-hybridized carbons (Fsp3) is 0.857. The monoisotopic (exact) mass is 178 g/mol. The Kier molecular flexibility index (Phi) is 5.32. The molecule has 0 aliphatic rings. The molecule has 2 N–H and O–H groups in total. The zero-order chi connectivity index (χ0) is 8.85. The first-order chi connectivity index (χ1) is 5.04. The number of aliphatic hydroxyl groups is 1. The zero-order valence-corrected chi connectivity index (χ0v) is 7.60. The molecule has 11 heavy (non-hydrogen) atoms. The van der Waals surface area contributed by atoms with Gasteiger partial charge in [-0.15, -0.1) is 11.8 Å². The average molecular weight is 178 g/mol. The van der Waals surface area contributed by atoms with Gasteiger partial charge in [-0.25, -0.2) is 0 Å². The number of carboxylic acids is 1. The summed E-state index contributed by atoms with van der Waals surface area (Å²) >= 11 is 1.35. The van der Waals surface area contributed by atoms with Crippen molar-refractivity contribution in [2.24, 2.45) is 0 Å². The summed E-state index contributed by atoms with van der Waals surface area (Å²) in [6.07, 6.45) is 0.325. The van der Waals surface area contributed by atoms with Gasteiger partial charge in [0, 0.05) is 0 Å². The van der Waals surface area contributed by atoms with Crippen molar-refractivity contribution in [2.45, 2.75) is 31.6 Å². The summed E-state index contributed by atoms with van der Waals surface area (Å²) in [6.45, 7) is 3.35. The topological polar surface area (TPSA) is 57.5 Å². The Morgan fingerprint density at radius 3 is 2.45 bits per heavy atom. The van der Waals surface area contributed by atoms with Crippen LogP contribution in [-0.2, 0) is 4.79 Å². The Hall–Kier alpha value is -0.220. The van der Waals surface area contributed by atoms with Gasteiger partial charge in [0.1, 0.15) is 0 Å². The lowest BCUT2D eigenvalue weighted by molar-refractivity contribution is -0.136. The van der Waals surface area contributed by atoms with Gasteiger partial charge in [-0.3, -0.25) is 4.79 Å². The maximum Gasteiger partial charge on any atom is 0.316 e. The van der Waals surface area contributed by atoms with E-state index in [2.05, 4.69) is 0 Å². The summed E-state index contributed by atoms with van der Waals surface area (Å²) in [5.41, 5.74) is 0. The van der Waals surface area contributed by atoms with Crippen LogP contribution in [0.3, 0.4) is 0 Å². The number of carbonyl (C=O) groups is 1. The first-order valence-electron chi connectivity index (χ1n) is 3.56. The van der Waals surface area contributed by atoms with E-state index in [-0.39, 0.29) is 11.4 Å². The molecule has 0 rings (SSSR count).